The minimum Gasteiger partial charge on any atom is -0.507 e. The van der Waals surface area contributed by atoms with Gasteiger partial charge in [-0.05, 0) is 115 Å². The quantitative estimate of drug-likeness (QED) is 0.124. The predicted octanol–water partition coefficient (Wildman–Crippen LogP) is 13.8. The fourth-order valence-electron chi connectivity index (χ4n) is 7.27. The number of hydrogen-bond donors (Lipinski definition) is 1. The van der Waals surface area contributed by atoms with Crippen LogP contribution in [0.3, 0.4) is 0 Å². The molecule has 1 aliphatic rings. The molecular weight excluding hydrogens is 548 g/mol. The van der Waals surface area contributed by atoms with Gasteiger partial charge < -0.3 is 5.11 Å². The first-order chi connectivity index (χ1) is 21.8. The zero-order valence-electron chi connectivity index (χ0n) is 30.8. The molecule has 1 aromatic carbocycles. The monoisotopic (exact) mass is 619 g/mol. The number of carbonyl (C=O) groups is 1. The Morgan fingerprint density at radius 1 is 0.600 bits per heavy atom. The van der Waals surface area contributed by atoms with Gasteiger partial charge in [-0.2, -0.15) is 0 Å². The number of ketones is 1. The molecule has 0 spiro atoms. The zero-order chi connectivity index (χ0) is 33.2. The molecule has 0 amide bonds. The van der Waals surface area contributed by atoms with Crippen molar-refractivity contribution >= 4 is 11.9 Å². The second kappa shape index (κ2) is 21.7. The van der Waals surface area contributed by atoms with Gasteiger partial charge in [0.25, 0.3) is 0 Å². The van der Waals surface area contributed by atoms with E-state index in [1.807, 2.05) is 0 Å². The maximum absolute atomic E-state index is 14.1. The van der Waals surface area contributed by atoms with Gasteiger partial charge in [-0.15, -0.1) is 0 Å². The Morgan fingerprint density at radius 3 is 1.60 bits per heavy atom. The molecule has 1 aromatic rings. The van der Waals surface area contributed by atoms with Crippen molar-refractivity contribution in [2.75, 3.05) is 0 Å². The highest BCUT2D eigenvalue weighted by molar-refractivity contribution is 6.11. The predicted molar refractivity (Wildman–Crippen MR) is 198 cm³/mol. The zero-order valence-corrected chi connectivity index (χ0v) is 30.8. The molecular formula is C43H70O2. The molecule has 2 rings (SSSR count). The summed E-state index contributed by atoms with van der Waals surface area (Å²) in [5, 5.41) is 11.7. The topological polar surface area (TPSA) is 37.3 Å². The Hall–Kier alpha value is -2.09. The second-order valence-corrected chi connectivity index (χ2v) is 14.2. The van der Waals surface area contributed by atoms with E-state index in [1.165, 1.54) is 82.6 Å². The third-order valence-corrected chi connectivity index (χ3v) is 10.4. The van der Waals surface area contributed by atoms with Crippen molar-refractivity contribution in [1.82, 2.24) is 0 Å². The van der Waals surface area contributed by atoms with Crippen molar-refractivity contribution in [2.24, 2.45) is 11.8 Å². The first-order valence-electron chi connectivity index (χ1n) is 19.3. The number of phenols is 1. The van der Waals surface area contributed by atoms with Gasteiger partial charge in [-0.1, -0.05) is 132 Å². The lowest BCUT2D eigenvalue weighted by Gasteiger charge is -2.26. The molecule has 0 fully saturated rings. The Balaban J connectivity index is 2.67. The Kier molecular flexibility index (Phi) is 18.8. The maximum atomic E-state index is 14.1. The standard InChI is InChI=1S/C43H70O2/c1-9-15-19-23-32(7)38-28-34(30-40(42(38)44)36(13-5)25-21-17-11-3)27-35-29-39(33(8)24-20-16-10-2)43(45)41(31-35)37(14-6)26-22-18-12-4/h27-33,36-37,44H,9-26H2,1-8H3. The van der Waals surface area contributed by atoms with Crippen molar-refractivity contribution in [2.45, 2.75) is 183 Å². The fraction of sp³-hybridized carbons (Fsp3) is 0.698. The van der Waals surface area contributed by atoms with E-state index in [9.17, 15) is 9.90 Å². The number of allylic oxidation sites excluding steroid dienone is 5. The van der Waals surface area contributed by atoms with Crippen LogP contribution in [-0.4, -0.2) is 10.9 Å². The molecule has 254 valence electrons. The van der Waals surface area contributed by atoms with E-state index in [4.69, 9.17) is 0 Å². The van der Waals surface area contributed by atoms with Gasteiger partial charge in [0, 0.05) is 11.1 Å². The van der Waals surface area contributed by atoms with Crippen molar-refractivity contribution < 1.29 is 9.90 Å². The summed E-state index contributed by atoms with van der Waals surface area (Å²) in [4.78, 5) is 14.1. The Labute approximate surface area is 279 Å². The Morgan fingerprint density at radius 2 is 1.07 bits per heavy atom. The van der Waals surface area contributed by atoms with Gasteiger partial charge in [-0.25, -0.2) is 0 Å². The van der Waals surface area contributed by atoms with Crippen LogP contribution in [0.4, 0.5) is 0 Å². The van der Waals surface area contributed by atoms with Crippen LogP contribution in [-0.2, 0) is 4.79 Å². The summed E-state index contributed by atoms with van der Waals surface area (Å²) in [5.74, 6) is 2.07. The molecule has 0 radical (unpaired) electrons. The number of rotatable bonds is 23. The second-order valence-electron chi connectivity index (χ2n) is 14.2. The minimum absolute atomic E-state index is 0.261. The van der Waals surface area contributed by atoms with E-state index in [2.05, 4.69) is 85.8 Å². The Bertz CT molecular complexity index is 1100. The maximum Gasteiger partial charge on any atom is 0.185 e. The van der Waals surface area contributed by atoms with Crippen LogP contribution in [0, 0.1) is 11.8 Å². The molecule has 2 nitrogen and oxygen atoms in total. The molecule has 0 aromatic heterocycles. The van der Waals surface area contributed by atoms with E-state index in [1.54, 1.807) is 0 Å². The number of aromatic hydroxyl groups is 1. The number of carbonyl (C=O) groups excluding carboxylic acids is 1. The molecule has 4 atom stereocenters. The fourth-order valence-corrected chi connectivity index (χ4v) is 7.27. The smallest absolute Gasteiger partial charge is 0.185 e. The summed E-state index contributed by atoms with van der Waals surface area (Å²) in [5.41, 5.74) is 6.57. The third kappa shape index (κ3) is 12.2. The molecule has 0 saturated carbocycles. The number of hydrogen-bond acceptors (Lipinski definition) is 2. The van der Waals surface area contributed by atoms with Gasteiger partial charge in [-0.3, -0.25) is 4.79 Å². The molecule has 0 heterocycles. The van der Waals surface area contributed by atoms with Crippen molar-refractivity contribution in [3.8, 4) is 5.75 Å². The van der Waals surface area contributed by atoms with Crippen LogP contribution in [0.1, 0.15) is 199 Å². The third-order valence-electron chi connectivity index (χ3n) is 10.4. The van der Waals surface area contributed by atoms with Crippen LogP contribution < -0.4 is 0 Å². The summed E-state index contributed by atoms with van der Waals surface area (Å²) in [6.07, 6.45) is 27.6. The highest BCUT2D eigenvalue weighted by Gasteiger charge is 2.28. The number of benzene rings is 1. The van der Waals surface area contributed by atoms with E-state index in [-0.39, 0.29) is 11.7 Å². The average molecular weight is 619 g/mol. The summed E-state index contributed by atoms with van der Waals surface area (Å²) in [6.45, 7) is 18.1. The van der Waals surface area contributed by atoms with Gasteiger partial charge in [0.05, 0.1) is 0 Å². The molecule has 1 N–H and O–H groups in total. The van der Waals surface area contributed by atoms with Gasteiger partial charge in [0.15, 0.2) is 5.78 Å². The summed E-state index contributed by atoms with van der Waals surface area (Å²) >= 11 is 0. The van der Waals surface area contributed by atoms with Crippen LogP contribution >= 0.6 is 0 Å². The lowest BCUT2D eigenvalue weighted by Crippen LogP contribution is -2.21. The summed E-state index contributed by atoms with van der Waals surface area (Å²) in [7, 11) is 0. The van der Waals surface area contributed by atoms with Gasteiger partial charge in [0.1, 0.15) is 5.75 Å². The van der Waals surface area contributed by atoms with E-state index in [0.717, 1.165) is 66.4 Å². The molecule has 4 unspecified atom stereocenters. The molecule has 0 saturated heterocycles. The first kappa shape index (κ1) is 39.1. The molecule has 0 aliphatic heterocycles. The highest BCUT2D eigenvalue weighted by atomic mass is 16.3. The first-order valence-corrected chi connectivity index (χ1v) is 19.3. The van der Waals surface area contributed by atoms with Crippen molar-refractivity contribution in [3.63, 3.8) is 0 Å². The summed E-state index contributed by atoms with van der Waals surface area (Å²) < 4.78 is 0. The normalized spacial score (nSPS) is 17.2. The van der Waals surface area contributed by atoms with E-state index >= 15 is 0 Å². The largest absolute Gasteiger partial charge is 0.507 e. The van der Waals surface area contributed by atoms with Crippen molar-refractivity contribution in [1.29, 1.82) is 0 Å². The van der Waals surface area contributed by atoms with Crippen LogP contribution in [0.5, 0.6) is 5.75 Å². The number of Topliss-reactive ketones (excluding diaryl/α,β-unsaturated/α-hetero) is 1. The lowest BCUT2D eigenvalue weighted by atomic mass is 9.77. The van der Waals surface area contributed by atoms with Crippen LogP contribution in [0.15, 0.2) is 41.0 Å². The molecule has 1 aliphatic carbocycles. The van der Waals surface area contributed by atoms with Gasteiger partial charge in [0.2, 0.25) is 0 Å². The minimum atomic E-state index is 0.261. The number of phenolic OH excluding ortho intramolecular Hbond substituents is 1. The van der Waals surface area contributed by atoms with Crippen molar-refractivity contribution in [3.05, 3.63) is 57.7 Å². The summed E-state index contributed by atoms with van der Waals surface area (Å²) in [6, 6.07) is 4.52. The average Bonchev–Trinajstić information content (AvgIpc) is 3.03. The number of unbranched alkanes of at least 4 members (excludes halogenated alkanes) is 8. The molecule has 2 heteroatoms. The SMILES string of the molecule is CCCCCC(C)C1=CC(=Cc2cc(C(C)CCCCC)c(O)c(C(CC)CCCCC)c2)C=C(C(CC)CCCCC)C1=O. The molecule has 0 bridgehead atoms. The lowest BCUT2D eigenvalue weighted by molar-refractivity contribution is -0.113. The van der Waals surface area contributed by atoms with E-state index in [0.29, 0.717) is 23.5 Å². The van der Waals surface area contributed by atoms with E-state index < -0.39 is 0 Å². The molecule has 45 heavy (non-hydrogen) atoms. The highest BCUT2D eigenvalue weighted by Crippen LogP contribution is 2.41. The van der Waals surface area contributed by atoms with Crippen LogP contribution in [0.2, 0.25) is 0 Å². The van der Waals surface area contributed by atoms with Gasteiger partial charge >= 0.3 is 0 Å². The van der Waals surface area contributed by atoms with Crippen LogP contribution in [0.25, 0.3) is 6.08 Å².